The van der Waals surface area contributed by atoms with Gasteiger partial charge in [-0.25, -0.2) is 0 Å². The number of fused-ring (bicyclic) bond motifs is 1. The number of ether oxygens (including phenoxy) is 1. The highest BCUT2D eigenvalue weighted by molar-refractivity contribution is 6.30. The van der Waals surface area contributed by atoms with Gasteiger partial charge in [0.25, 0.3) is 0 Å². The minimum atomic E-state index is -1.17. The normalized spacial score (nSPS) is 30.4. The fourth-order valence-corrected chi connectivity index (χ4v) is 6.63. The van der Waals surface area contributed by atoms with Crippen LogP contribution < -0.4 is 10.6 Å². The van der Waals surface area contributed by atoms with Gasteiger partial charge in [0.15, 0.2) is 0 Å². The molecule has 3 amide bonds. The highest BCUT2D eigenvalue weighted by Gasteiger charge is 2.72. The average molecular weight is 520 g/mol. The fourth-order valence-electron chi connectivity index (χ4n) is 6.50. The lowest BCUT2D eigenvalue weighted by molar-refractivity contribution is -0.142. The van der Waals surface area contributed by atoms with Crippen molar-refractivity contribution in [2.45, 2.75) is 62.4 Å². The smallest absolute Gasteiger partial charge is 0.246 e. The minimum Gasteiger partial charge on any atom is -0.359 e. The van der Waals surface area contributed by atoms with Gasteiger partial charge in [-0.3, -0.25) is 14.4 Å². The Kier molecular flexibility index (Phi) is 6.29. The van der Waals surface area contributed by atoms with E-state index in [9.17, 15) is 14.4 Å². The Morgan fingerprint density at radius 2 is 1.73 bits per heavy atom. The van der Waals surface area contributed by atoms with Gasteiger partial charge in [0, 0.05) is 23.3 Å². The summed E-state index contributed by atoms with van der Waals surface area (Å²) < 4.78 is 6.42. The number of hydrogen-bond donors (Lipinski definition) is 2. The molecule has 3 heterocycles. The van der Waals surface area contributed by atoms with E-state index >= 15 is 0 Å². The van der Waals surface area contributed by atoms with Crippen molar-refractivity contribution in [2.24, 2.45) is 11.8 Å². The Hall–Kier alpha value is -3.16. The summed E-state index contributed by atoms with van der Waals surface area (Å²) in [4.78, 5) is 43.0. The number of halogens is 1. The lowest BCUT2D eigenvalue weighted by atomic mass is 9.74. The van der Waals surface area contributed by atoms with Crippen LogP contribution in [0.1, 0.15) is 37.7 Å². The number of nitrogens with zero attached hydrogens (tertiary/aromatic N) is 1. The molecule has 1 saturated carbocycles. The monoisotopic (exact) mass is 519 g/mol. The zero-order chi connectivity index (χ0) is 25.6. The van der Waals surface area contributed by atoms with Gasteiger partial charge in [-0.1, -0.05) is 73.3 Å². The first-order chi connectivity index (χ1) is 18.0. The second-order valence-electron chi connectivity index (χ2n) is 10.5. The number of rotatable bonds is 6. The molecule has 2 aromatic carbocycles. The van der Waals surface area contributed by atoms with Crippen LogP contribution in [0.3, 0.4) is 0 Å². The molecule has 1 aliphatic carbocycles. The lowest BCUT2D eigenvalue weighted by Gasteiger charge is -2.34. The van der Waals surface area contributed by atoms with Crippen molar-refractivity contribution in [3.8, 4) is 0 Å². The van der Waals surface area contributed by atoms with Gasteiger partial charge in [-0.15, -0.1) is 0 Å². The lowest BCUT2D eigenvalue weighted by Crippen LogP contribution is -2.56. The van der Waals surface area contributed by atoms with E-state index in [-0.39, 0.29) is 30.3 Å². The predicted octanol–water partition coefficient (Wildman–Crippen LogP) is 4.08. The molecule has 2 saturated heterocycles. The summed E-state index contributed by atoms with van der Waals surface area (Å²) in [5, 5.41) is 6.70. The summed E-state index contributed by atoms with van der Waals surface area (Å²) in [7, 11) is 0. The first-order valence-corrected chi connectivity index (χ1v) is 13.4. The summed E-state index contributed by atoms with van der Waals surface area (Å²) in [6.07, 6.45) is 8.34. The van der Waals surface area contributed by atoms with Crippen LogP contribution >= 0.6 is 11.6 Å². The molecule has 0 aromatic heterocycles. The van der Waals surface area contributed by atoms with Crippen LogP contribution in [0.25, 0.3) is 0 Å². The third-order valence-electron chi connectivity index (χ3n) is 8.18. The largest absolute Gasteiger partial charge is 0.359 e. The third-order valence-corrected chi connectivity index (χ3v) is 8.44. The summed E-state index contributed by atoms with van der Waals surface area (Å²) >= 11 is 5.99. The number of amides is 3. The van der Waals surface area contributed by atoms with Crippen molar-refractivity contribution in [1.29, 1.82) is 0 Å². The molecule has 6 rings (SSSR count). The molecule has 0 unspecified atom stereocenters. The zero-order valence-corrected chi connectivity index (χ0v) is 21.2. The molecule has 4 aliphatic rings. The molecule has 3 aliphatic heterocycles. The second kappa shape index (κ2) is 9.62. The maximum atomic E-state index is 14.0. The number of carbonyl (C=O) groups is 3. The van der Waals surface area contributed by atoms with E-state index in [1.54, 1.807) is 29.2 Å². The summed E-state index contributed by atoms with van der Waals surface area (Å²) in [6, 6.07) is 15.7. The molecular formula is C29H30ClN3O4. The Morgan fingerprint density at radius 1 is 1.00 bits per heavy atom. The van der Waals surface area contributed by atoms with E-state index in [1.165, 1.54) is 6.42 Å². The highest BCUT2D eigenvalue weighted by Crippen LogP contribution is 2.55. The van der Waals surface area contributed by atoms with Crippen LogP contribution in [0, 0.1) is 11.8 Å². The predicted molar refractivity (Wildman–Crippen MR) is 140 cm³/mol. The van der Waals surface area contributed by atoms with Gasteiger partial charge < -0.3 is 20.3 Å². The standard InChI is InChI=1S/C29H30ClN3O4/c30-19-11-13-21(14-12-19)31-26(34)23-22-15-16-29(37-22)24(23)28(36)33(17-18-7-3-1-4-8-18)25(29)27(35)32-20-9-5-2-6-10-20/h1,3-4,7-8,11-16,20,22-25H,2,5-6,9-10,17H2,(H,31,34)(H,32,35)/t22-,23-,24-,25-,29-/m1/s1. The first-order valence-electron chi connectivity index (χ1n) is 13.0. The Labute approximate surface area is 221 Å². The molecule has 2 aromatic rings. The van der Waals surface area contributed by atoms with Crippen molar-refractivity contribution in [3.63, 3.8) is 0 Å². The maximum absolute atomic E-state index is 14.0. The summed E-state index contributed by atoms with van der Waals surface area (Å²) in [6.45, 7) is 0.272. The number of anilines is 1. The molecule has 0 radical (unpaired) electrons. The number of benzene rings is 2. The van der Waals surface area contributed by atoms with Crippen molar-refractivity contribution in [2.75, 3.05) is 5.32 Å². The van der Waals surface area contributed by atoms with Crippen LogP contribution in [-0.4, -0.2) is 46.4 Å². The summed E-state index contributed by atoms with van der Waals surface area (Å²) in [5.74, 6) is -2.25. The second-order valence-corrected chi connectivity index (χ2v) is 10.9. The minimum absolute atomic E-state index is 0.0944. The van der Waals surface area contributed by atoms with Crippen LogP contribution in [0.2, 0.25) is 5.02 Å². The van der Waals surface area contributed by atoms with Gasteiger partial charge in [0.2, 0.25) is 17.7 Å². The first kappa shape index (κ1) is 24.2. The van der Waals surface area contributed by atoms with Crippen LogP contribution in [0.5, 0.6) is 0 Å². The Morgan fingerprint density at radius 3 is 2.46 bits per heavy atom. The molecule has 3 fully saturated rings. The molecule has 5 atom stereocenters. The van der Waals surface area contributed by atoms with Crippen molar-refractivity contribution in [1.82, 2.24) is 10.2 Å². The topological polar surface area (TPSA) is 87.7 Å². The van der Waals surface area contributed by atoms with Gasteiger partial charge in [0.1, 0.15) is 11.6 Å². The molecule has 8 heteroatoms. The molecule has 192 valence electrons. The van der Waals surface area contributed by atoms with Gasteiger partial charge in [0.05, 0.1) is 17.9 Å². The van der Waals surface area contributed by atoms with Gasteiger partial charge >= 0.3 is 0 Å². The molecule has 2 bridgehead atoms. The van der Waals surface area contributed by atoms with Crippen molar-refractivity contribution < 1.29 is 19.1 Å². The molecular weight excluding hydrogens is 490 g/mol. The molecule has 7 nitrogen and oxygen atoms in total. The van der Waals surface area contributed by atoms with Crippen molar-refractivity contribution >= 4 is 35.0 Å². The fraction of sp³-hybridized carbons (Fsp3) is 0.414. The number of nitrogens with one attached hydrogen (secondary N) is 2. The summed E-state index contributed by atoms with van der Waals surface area (Å²) in [5.41, 5.74) is 0.342. The van der Waals surface area contributed by atoms with E-state index in [0.29, 0.717) is 10.7 Å². The maximum Gasteiger partial charge on any atom is 0.246 e. The SMILES string of the molecule is O=C(Nc1ccc(Cl)cc1)[C@@H]1[C@H]2C=C[C@@]3(O2)[C@H]1C(=O)N(Cc1ccccc1)[C@@H]3C(=O)NC1CCCCC1. The Balaban J connectivity index is 1.32. The Bertz CT molecular complexity index is 1230. The molecule has 2 N–H and O–H groups in total. The van der Waals surface area contributed by atoms with Gasteiger partial charge in [-0.05, 0) is 42.7 Å². The average Bonchev–Trinajstić information content (AvgIpc) is 3.54. The van der Waals surface area contributed by atoms with E-state index in [1.807, 2.05) is 42.5 Å². The van der Waals surface area contributed by atoms with Crippen LogP contribution in [-0.2, 0) is 25.7 Å². The quantitative estimate of drug-likeness (QED) is 0.563. The van der Waals surface area contributed by atoms with Gasteiger partial charge in [-0.2, -0.15) is 0 Å². The van der Waals surface area contributed by atoms with E-state index in [0.717, 1.165) is 31.2 Å². The molecule has 37 heavy (non-hydrogen) atoms. The van der Waals surface area contributed by atoms with E-state index in [2.05, 4.69) is 10.6 Å². The van der Waals surface area contributed by atoms with E-state index < -0.39 is 29.6 Å². The number of carbonyl (C=O) groups excluding carboxylic acids is 3. The zero-order valence-electron chi connectivity index (χ0n) is 20.4. The third kappa shape index (κ3) is 4.24. The van der Waals surface area contributed by atoms with Crippen LogP contribution in [0.15, 0.2) is 66.7 Å². The van der Waals surface area contributed by atoms with Crippen LogP contribution in [0.4, 0.5) is 5.69 Å². The number of hydrogen-bond acceptors (Lipinski definition) is 4. The number of likely N-dealkylation sites (tertiary alicyclic amines) is 1. The van der Waals surface area contributed by atoms with Crippen molar-refractivity contribution in [3.05, 3.63) is 77.3 Å². The highest BCUT2D eigenvalue weighted by atomic mass is 35.5. The molecule has 1 spiro atoms. The van der Waals surface area contributed by atoms with E-state index in [4.69, 9.17) is 16.3 Å².